The number of aromatic nitrogens is 1. The Hall–Kier alpha value is -0.610. The second-order valence-electron chi connectivity index (χ2n) is 5.01. The van der Waals surface area contributed by atoms with Gasteiger partial charge in [0.25, 0.3) is 0 Å². The second kappa shape index (κ2) is 7.10. The minimum Gasteiger partial charge on any atom is -0.471 e. The number of hydrogen-bond acceptors (Lipinski definition) is 3. The summed E-state index contributed by atoms with van der Waals surface area (Å²) in [5, 5.41) is 3.38. The highest BCUT2D eigenvalue weighted by molar-refractivity contribution is 9.10. The number of nitrogens with zero attached hydrogens (tertiary/aromatic N) is 1. The predicted molar refractivity (Wildman–Crippen MR) is 78.9 cm³/mol. The second-order valence-corrected chi connectivity index (χ2v) is 5.93. The van der Waals surface area contributed by atoms with Crippen molar-refractivity contribution in [3.63, 3.8) is 0 Å². The molecule has 102 valence electrons. The highest BCUT2D eigenvalue weighted by atomic mass is 79.9. The average Bonchev–Trinajstić information content (AvgIpc) is 2.33. The molecular formula is C14H23BrN2O. The fourth-order valence-corrected chi connectivity index (χ4v) is 1.80. The Morgan fingerprint density at radius 2 is 2.11 bits per heavy atom. The normalized spacial score (nSPS) is 11.6. The van der Waals surface area contributed by atoms with E-state index >= 15 is 0 Å². The van der Waals surface area contributed by atoms with E-state index in [1.165, 1.54) is 0 Å². The van der Waals surface area contributed by atoms with E-state index in [-0.39, 0.29) is 5.60 Å². The number of hydrogen-bond donors (Lipinski definition) is 1. The molecule has 0 aliphatic heterocycles. The van der Waals surface area contributed by atoms with E-state index in [9.17, 15) is 0 Å². The molecule has 0 aromatic carbocycles. The molecule has 18 heavy (non-hydrogen) atoms. The number of ether oxygens (including phenoxy) is 1. The van der Waals surface area contributed by atoms with Gasteiger partial charge in [-0.2, -0.15) is 0 Å². The molecule has 0 radical (unpaired) electrons. The maximum Gasteiger partial charge on any atom is 0.218 e. The Morgan fingerprint density at radius 3 is 2.72 bits per heavy atom. The lowest BCUT2D eigenvalue weighted by atomic mass is 10.1. The van der Waals surface area contributed by atoms with Gasteiger partial charge in [0.15, 0.2) is 0 Å². The molecule has 1 aromatic rings. The highest BCUT2D eigenvalue weighted by Gasteiger charge is 2.19. The predicted octanol–water partition coefficient (Wildman–Crippen LogP) is 3.91. The molecule has 0 saturated carbocycles. The van der Waals surface area contributed by atoms with E-state index in [1.807, 2.05) is 0 Å². The minimum atomic E-state index is -0.180. The first-order valence-electron chi connectivity index (χ1n) is 6.52. The van der Waals surface area contributed by atoms with Gasteiger partial charge in [0.1, 0.15) is 5.60 Å². The first-order valence-corrected chi connectivity index (χ1v) is 7.32. The van der Waals surface area contributed by atoms with Gasteiger partial charge in [0.05, 0.1) is 0 Å². The van der Waals surface area contributed by atoms with Gasteiger partial charge in [-0.1, -0.05) is 13.8 Å². The summed E-state index contributed by atoms with van der Waals surface area (Å²) in [5.74, 6) is 0.730. The van der Waals surface area contributed by atoms with Crippen LogP contribution in [0, 0.1) is 0 Å². The van der Waals surface area contributed by atoms with E-state index in [0.717, 1.165) is 41.8 Å². The Balaban J connectivity index is 2.82. The van der Waals surface area contributed by atoms with Gasteiger partial charge in [-0.3, -0.25) is 0 Å². The molecule has 0 bridgehead atoms. The molecule has 0 saturated heterocycles. The topological polar surface area (TPSA) is 34.2 Å². The number of rotatable bonds is 7. The molecule has 1 rings (SSSR count). The van der Waals surface area contributed by atoms with Gasteiger partial charge in [-0.15, -0.1) is 0 Å². The molecule has 0 unspecified atom stereocenters. The van der Waals surface area contributed by atoms with Crippen LogP contribution in [0.15, 0.2) is 16.7 Å². The summed E-state index contributed by atoms with van der Waals surface area (Å²) in [6.45, 7) is 10.2. The molecule has 1 heterocycles. The van der Waals surface area contributed by atoms with Crippen molar-refractivity contribution < 1.29 is 4.74 Å². The summed E-state index contributed by atoms with van der Waals surface area (Å²) in [6.07, 6.45) is 3.86. The van der Waals surface area contributed by atoms with Crippen molar-refractivity contribution in [3.8, 4) is 5.88 Å². The van der Waals surface area contributed by atoms with Crippen molar-refractivity contribution in [1.29, 1.82) is 0 Å². The van der Waals surface area contributed by atoms with E-state index in [2.05, 4.69) is 60.0 Å². The monoisotopic (exact) mass is 314 g/mol. The lowest BCUT2D eigenvalue weighted by Gasteiger charge is -2.25. The van der Waals surface area contributed by atoms with Crippen LogP contribution in [0.4, 0.5) is 0 Å². The molecule has 4 heteroatoms. The molecule has 0 aliphatic rings. The quantitative estimate of drug-likeness (QED) is 0.775. The van der Waals surface area contributed by atoms with Crippen LogP contribution in [0.2, 0.25) is 0 Å². The molecule has 0 spiro atoms. The third-order valence-corrected chi connectivity index (χ3v) is 3.29. The lowest BCUT2D eigenvalue weighted by Crippen LogP contribution is -2.28. The van der Waals surface area contributed by atoms with Crippen LogP contribution in [0.1, 0.15) is 46.1 Å². The Labute approximate surface area is 118 Å². The minimum absolute atomic E-state index is 0.180. The number of pyridine rings is 1. The Bertz CT molecular complexity index is 380. The SMILES string of the molecule is CCCNCc1cc(Br)cnc1OC(C)(C)CC. The van der Waals surface area contributed by atoms with Gasteiger partial charge in [0.2, 0.25) is 5.88 Å². The molecule has 1 N–H and O–H groups in total. The first kappa shape index (κ1) is 15.4. The van der Waals surface area contributed by atoms with Crippen molar-refractivity contribution in [2.24, 2.45) is 0 Å². The largest absolute Gasteiger partial charge is 0.471 e. The zero-order valence-corrected chi connectivity index (χ0v) is 13.3. The van der Waals surface area contributed by atoms with Crippen molar-refractivity contribution in [1.82, 2.24) is 10.3 Å². The van der Waals surface area contributed by atoms with Gasteiger partial charge in [0, 0.05) is 22.8 Å². The van der Waals surface area contributed by atoms with E-state index in [4.69, 9.17) is 4.74 Å². The molecule has 0 amide bonds. The summed E-state index contributed by atoms with van der Waals surface area (Å²) in [4.78, 5) is 4.38. The summed E-state index contributed by atoms with van der Waals surface area (Å²) >= 11 is 3.46. The van der Waals surface area contributed by atoms with Crippen LogP contribution in [0.25, 0.3) is 0 Å². The zero-order chi connectivity index (χ0) is 13.6. The fraction of sp³-hybridized carbons (Fsp3) is 0.643. The summed E-state index contributed by atoms with van der Waals surface area (Å²) < 4.78 is 6.98. The van der Waals surface area contributed by atoms with Crippen molar-refractivity contribution in [2.75, 3.05) is 6.54 Å². The van der Waals surface area contributed by atoms with Crippen LogP contribution < -0.4 is 10.1 Å². The van der Waals surface area contributed by atoms with Crippen LogP contribution >= 0.6 is 15.9 Å². The maximum atomic E-state index is 6.00. The highest BCUT2D eigenvalue weighted by Crippen LogP contribution is 2.25. The average molecular weight is 315 g/mol. The number of halogens is 1. The first-order chi connectivity index (χ1) is 8.48. The van der Waals surface area contributed by atoms with Crippen LogP contribution in [-0.4, -0.2) is 17.1 Å². The third-order valence-electron chi connectivity index (χ3n) is 2.86. The van der Waals surface area contributed by atoms with Crippen LogP contribution in [-0.2, 0) is 6.54 Å². The fourth-order valence-electron chi connectivity index (χ4n) is 1.42. The summed E-state index contributed by atoms with van der Waals surface area (Å²) in [6, 6.07) is 2.07. The van der Waals surface area contributed by atoms with Gasteiger partial charge < -0.3 is 10.1 Å². The molecule has 0 fully saturated rings. The Kier molecular flexibility index (Phi) is 6.09. The summed E-state index contributed by atoms with van der Waals surface area (Å²) in [7, 11) is 0. The van der Waals surface area contributed by atoms with E-state index < -0.39 is 0 Å². The maximum absolute atomic E-state index is 6.00. The van der Waals surface area contributed by atoms with Gasteiger partial charge in [-0.25, -0.2) is 4.98 Å². The standard InChI is InChI=1S/C14H23BrN2O/c1-5-7-16-9-11-8-12(15)10-17-13(11)18-14(3,4)6-2/h8,10,16H,5-7,9H2,1-4H3. The third kappa shape index (κ3) is 4.94. The molecular weight excluding hydrogens is 292 g/mol. The van der Waals surface area contributed by atoms with Crippen molar-refractivity contribution in [2.45, 2.75) is 52.7 Å². The zero-order valence-electron chi connectivity index (χ0n) is 11.7. The van der Waals surface area contributed by atoms with Crippen LogP contribution in [0.5, 0.6) is 5.88 Å². The Morgan fingerprint density at radius 1 is 1.39 bits per heavy atom. The van der Waals surface area contributed by atoms with Crippen molar-refractivity contribution >= 4 is 15.9 Å². The molecule has 3 nitrogen and oxygen atoms in total. The van der Waals surface area contributed by atoms with Crippen molar-refractivity contribution in [3.05, 3.63) is 22.3 Å². The molecule has 0 aliphatic carbocycles. The number of nitrogens with one attached hydrogen (secondary N) is 1. The van der Waals surface area contributed by atoms with E-state index in [0.29, 0.717) is 0 Å². The molecule has 0 atom stereocenters. The smallest absolute Gasteiger partial charge is 0.218 e. The van der Waals surface area contributed by atoms with E-state index in [1.54, 1.807) is 6.20 Å². The lowest BCUT2D eigenvalue weighted by molar-refractivity contribution is 0.0973. The van der Waals surface area contributed by atoms with Gasteiger partial charge >= 0.3 is 0 Å². The van der Waals surface area contributed by atoms with Crippen LogP contribution in [0.3, 0.4) is 0 Å². The summed E-state index contributed by atoms with van der Waals surface area (Å²) in [5.41, 5.74) is 0.916. The van der Waals surface area contributed by atoms with Gasteiger partial charge in [-0.05, 0) is 55.2 Å². The molecule has 1 aromatic heterocycles.